The predicted octanol–water partition coefficient (Wildman–Crippen LogP) is 2.60. The Morgan fingerprint density at radius 1 is 0.962 bits per heavy atom. The van der Waals surface area contributed by atoms with Gasteiger partial charge in [-0.15, -0.1) is 0 Å². The molecule has 1 aliphatic heterocycles. The summed E-state index contributed by atoms with van der Waals surface area (Å²) in [7, 11) is 1.62. The third-order valence-corrected chi connectivity index (χ3v) is 4.73. The predicted molar refractivity (Wildman–Crippen MR) is 101 cm³/mol. The SMILES string of the molecule is COc1ccc(C(=O)N2CCN(c3ncnc4ccccc34)CC2)cc1. The number of aromatic nitrogens is 2. The molecule has 2 aromatic carbocycles. The molecule has 0 saturated carbocycles. The summed E-state index contributed by atoms with van der Waals surface area (Å²) in [6.45, 7) is 2.85. The molecule has 6 nitrogen and oxygen atoms in total. The number of anilines is 1. The molecule has 4 rings (SSSR count). The monoisotopic (exact) mass is 348 g/mol. The highest BCUT2D eigenvalue weighted by molar-refractivity contribution is 5.94. The number of carbonyl (C=O) groups excluding carboxylic acids is 1. The number of hydrogen-bond donors (Lipinski definition) is 0. The van der Waals surface area contributed by atoms with Crippen LogP contribution in [-0.4, -0.2) is 54.1 Å². The Morgan fingerprint density at radius 3 is 2.42 bits per heavy atom. The van der Waals surface area contributed by atoms with E-state index < -0.39 is 0 Å². The number of hydrogen-bond acceptors (Lipinski definition) is 5. The molecular formula is C20H20N4O2. The van der Waals surface area contributed by atoms with Crippen molar-refractivity contribution in [3.05, 3.63) is 60.4 Å². The number of nitrogens with zero attached hydrogens (tertiary/aromatic N) is 4. The summed E-state index contributed by atoms with van der Waals surface area (Å²) in [4.78, 5) is 25.6. The van der Waals surface area contributed by atoms with E-state index in [4.69, 9.17) is 4.74 Å². The number of rotatable bonds is 3. The van der Waals surface area contributed by atoms with E-state index in [-0.39, 0.29) is 5.91 Å². The lowest BCUT2D eigenvalue weighted by molar-refractivity contribution is 0.0746. The average molecular weight is 348 g/mol. The molecule has 1 fully saturated rings. The Hall–Kier alpha value is -3.15. The van der Waals surface area contributed by atoms with E-state index >= 15 is 0 Å². The first-order chi connectivity index (χ1) is 12.8. The molecule has 1 aliphatic rings. The van der Waals surface area contributed by atoms with Crippen molar-refractivity contribution in [1.29, 1.82) is 0 Å². The molecule has 132 valence electrons. The first kappa shape index (κ1) is 16.3. The number of fused-ring (bicyclic) bond motifs is 1. The van der Waals surface area contributed by atoms with E-state index in [1.54, 1.807) is 13.4 Å². The van der Waals surface area contributed by atoms with Crippen molar-refractivity contribution >= 4 is 22.6 Å². The molecule has 0 N–H and O–H groups in total. The summed E-state index contributed by atoms with van der Waals surface area (Å²) in [5, 5.41) is 1.05. The number of amides is 1. The van der Waals surface area contributed by atoms with Gasteiger partial charge in [0, 0.05) is 37.1 Å². The maximum atomic E-state index is 12.7. The zero-order valence-electron chi connectivity index (χ0n) is 14.6. The van der Waals surface area contributed by atoms with Gasteiger partial charge in [0.15, 0.2) is 0 Å². The zero-order chi connectivity index (χ0) is 17.9. The van der Waals surface area contributed by atoms with Gasteiger partial charge < -0.3 is 14.5 Å². The smallest absolute Gasteiger partial charge is 0.253 e. The molecule has 2 heterocycles. The van der Waals surface area contributed by atoms with Crippen LogP contribution in [-0.2, 0) is 0 Å². The van der Waals surface area contributed by atoms with Crippen LogP contribution in [0.2, 0.25) is 0 Å². The molecule has 3 aromatic rings. The van der Waals surface area contributed by atoms with Crippen molar-refractivity contribution in [3.8, 4) is 5.75 Å². The minimum atomic E-state index is 0.0554. The number of piperazine rings is 1. The number of para-hydroxylation sites is 1. The lowest BCUT2D eigenvalue weighted by Gasteiger charge is -2.35. The largest absolute Gasteiger partial charge is 0.497 e. The summed E-state index contributed by atoms with van der Waals surface area (Å²) < 4.78 is 5.15. The summed E-state index contributed by atoms with van der Waals surface area (Å²) >= 11 is 0. The van der Waals surface area contributed by atoms with Crippen LogP contribution in [0.25, 0.3) is 10.9 Å². The molecular weight excluding hydrogens is 328 g/mol. The molecule has 1 aromatic heterocycles. The van der Waals surface area contributed by atoms with Gasteiger partial charge in [-0.05, 0) is 36.4 Å². The van der Waals surface area contributed by atoms with E-state index in [1.807, 2.05) is 53.4 Å². The summed E-state index contributed by atoms with van der Waals surface area (Å²) in [5.74, 6) is 1.74. The molecule has 0 radical (unpaired) electrons. The third-order valence-electron chi connectivity index (χ3n) is 4.73. The van der Waals surface area contributed by atoms with E-state index in [0.29, 0.717) is 18.7 Å². The summed E-state index contributed by atoms with van der Waals surface area (Å²) in [6, 6.07) is 15.3. The fourth-order valence-electron chi connectivity index (χ4n) is 3.28. The maximum Gasteiger partial charge on any atom is 0.253 e. The van der Waals surface area contributed by atoms with Gasteiger partial charge in [-0.1, -0.05) is 12.1 Å². The van der Waals surface area contributed by atoms with Crippen LogP contribution in [0.3, 0.4) is 0 Å². The summed E-state index contributed by atoms with van der Waals surface area (Å²) in [6.07, 6.45) is 1.60. The van der Waals surface area contributed by atoms with E-state index in [2.05, 4.69) is 14.9 Å². The molecule has 6 heteroatoms. The Bertz CT molecular complexity index is 913. The van der Waals surface area contributed by atoms with Crippen molar-refractivity contribution < 1.29 is 9.53 Å². The standard InChI is InChI=1S/C20H20N4O2/c1-26-16-8-6-15(7-9-16)20(25)24-12-10-23(11-13-24)19-17-4-2-3-5-18(17)21-14-22-19/h2-9,14H,10-13H2,1H3. The van der Waals surface area contributed by atoms with Gasteiger partial charge >= 0.3 is 0 Å². The average Bonchev–Trinajstić information content (AvgIpc) is 2.73. The summed E-state index contributed by atoms with van der Waals surface area (Å²) in [5.41, 5.74) is 1.63. The lowest BCUT2D eigenvalue weighted by Crippen LogP contribution is -2.49. The normalized spacial score (nSPS) is 14.5. The van der Waals surface area contributed by atoms with Crippen LogP contribution in [0.15, 0.2) is 54.9 Å². The molecule has 1 saturated heterocycles. The molecule has 26 heavy (non-hydrogen) atoms. The Morgan fingerprint density at radius 2 is 1.69 bits per heavy atom. The van der Waals surface area contributed by atoms with Gasteiger partial charge in [0.25, 0.3) is 5.91 Å². The molecule has 0 aliphatic carbocycles. The van der Waals surface area contributed by atoms with Crippen molar-refractivity contribution in [2.24, 2.45) is 0 Å². The zero-order valence-corrected chi connectivity index (χ0v) is 14.6. The number of ether oxygens (including phenoxy) is 1. The number of carbonyl (C=O) groups is 1. The molecule has 1 amide bonds. The first-order valence-corrected chi connectivity index (χ1v) is 8.64. The highest BCUT2D eigenvalue weighted by atomic mass is 16.5. The molecule has 0 atom stereocenters. The van der Waals surface area contributed by atoms with Gasteiger partial charge in [0.2, 0.25) is 0 Å². The fraction of sp³-hybridized carbons (Fsp3) is 0.250. The maximum absolute atomic E-state index is 12.7. The van der Waals surface area contributed by atoms with Crippen molar-refractivity contribution in [1.82, 2.24) is 14.9 Å². The first-order valence-electron chi connectivity index (χ1n) is 8.64. The Balaban J connectivity index is 1.47. The van der Waals surface area contributed by atoms with Crippen LogP contribution in [0.5, 0.6) is 5.75 Å². The van der Waals surface area contributed by atoms with Gasteiger partial charge in [-0.3, -0.25) is 4.79 Å². The topological polar surface area (TPSA) is 58.6 Å². The highest BCUT2D eigenvalue weighted by Gasteiger charge is 2.23. The Kier molecular flexibility index (Phi) is 4.39. The van der Waals surface area contributed by atoms with Crippen LogP contribution >= 0.6 is 0 Å². The van der Waals surface area contributed by atoms with Gasteiger partial charge in [-0.2, -0.15) is 0 Å². The van der Waals surface area contributed by atoms with Crippen LogP contribution in [0, 0.1) is 0 Å². The van der Waals surface area contributed by atoms with Gasteiger partial charge in [0.1, 0.15) is 17.9 Å². The minimum absolute atomic E-state index is 0.0554. The van der Waals surface area contributed by atoms with Crippen LogP contribution in [0.1, 0.15) is 10.4 Å². The molecule has 0 unspecified atom stereocenters. The highest BCUT2D eigenvalue weighted by Crippen LogP contribution is 2.24. The number of benzene rings is 2. The van der Waals surface area contributed by atoms with Gasteiger partial charge in [-0.25, -0.2) is 9.97 Å². The third kappa shape index (κ3) is 3.06. The second-order valence-electron chi connectivity index (χ2n) is 6.22. The van der Waals surface area contributed by atoms with E-state index in [0.717, 1.165) is 35.6 Å². The van der Waals surface area contributed by atoms with Crippen LogP contribution < -0.4 is 9.64 Å². The quantitative estimate of drug-likeness (QED) is 0.728. The number of methoxy groups -OCH3 is 1. The fourth-order valence-corrected chi connectivity index (χ4v) is 3.28. The Labute approximate surface area is 152 Å². The van der Waals surface area contributed by atoms with Gasteiger partial charge in [0.05, 0.1) is 12.6 Å². The lowest BCUT2D eigenvalue weighted by atomic mass is 10.1. The minimum Gasteiger partial charge on any atom is -0.497 e. The van der Waals surface area contributed by atoms with Crippen LogP contribution in [0.4, 0.5) is 5.82 Å². The van der Waals surface area contributed by atoms with E-state index in [9.17, 15) is 4.79 Å². The second kappa shape index (κ2) is 7.00. The van der Waals surface area contributed by atoms with Crippen molar-refractivity contribution in [3.63, 3.8) is 0 Å². The molecule has 0 bridgehead atoms. The second-order valence-corrected chi connectivity index (χ2v) is 6.22. The molecule has 0 spiro atoms. The van der Waals surface area contributed by atoms with E-state index in [1.165, 1.54) is 0 Å². The van der Waals surface area contributed by atoms with Crippen molar-refractivity contribution in [2.45, 2.75) is 0 Å². The van der Waals surface area contributed by atoms with Crippen molar-refractivity contribution in [2.75, 3.05) is 38.2 Å².